The number of ketones is 1. The first-order chi connectivity index (χ1) is 9.95. The Morgan fingerprint density at radius 2 is 1.48 bits per heavy atom. The van der Waals surface area contributed by atoms with E-state index in [2.05, 4.69) is 54.8 Å². The number of nitrogens with zero attached hydrogens (tertiary/aromatic N) is 2. The van der Waals surface area contributed by atoms with Gasteiger partial charge in [0, 0.05) is 26.2 Å². The van der Waals surface area contributed by atoms with Crippen LogP contribution in [0.2, 0.25) is 0 Å². The number of aryl methyl sites for hydroxylation is 1. The van der Waals surface area contributed by atoms with E-state index in [4.69, 9.17) is 0 Å². The first-order valence-corrected chi connectivity index (χ1v) is 8.07. The Hall–Kier alpha value is -1.19. The summed E-state index contributed by atoms with van der Waals surface area (Å²) in [6, 6.07) is 9.05. The predicted molar refractivity (Wildman–Crippen MR) is 82.9 cm³/mol. The molecule has 1 aromatic carbocycles. The molecule has 0 unspecified atom stereocenters. The Morgan fingerprint density at radius 1 is 1.00 bits per heavy atom. The van der Waals surface area contributed by atoms with Gasteiger partial charge in [-0.1, -0.05) is 45.0 Å². The molecule has 0 saturated carbocycles. The summed E-state index contributed by atoms with van der Waals surface area (Å²) in [4.78, 5) is 17.7. The van der Waals surface area contributed by atoms with Gasteiger partial charge in [0.15, 0.2) is 0 Å². The van der Waals surface area contributed by atoms with Gasteiger partial charge in [0.2, 0.25) is 0 Å². The number of benzene rings is 1. The Labute approximate surface area is 126 Å². The quantitative estimate of drug-likeness (QED) is 0.833. The molecule has 4 aliphatic rings. The number of piperidine rings is 2. The molecule has 3 heteroatoms. The summed E-state index contributed by atoms with van der Waals surface area (Å²) in [7, 11) is 0. The van der Waals surface area contributed by atoms with Crippen molar-refractivity contribution in [2.45, 2.75) is 33.4 Å². The SMILES string of the molecule is CCc1ccc(C2N3CC4(C)CN2CC(C)(C3)C4=O)cc1. The number of carbonyl (C=O) groups excluding carboxylic acids is 1. The fraction of sp³-hybridized carbons (Fsp3) is 0.611. The second-order valence-electron chi connectivity index (χ2n) is 7.73. The highest BCUT2D eigenvalue weighted by atomic mass is 16.1. The van der Waals surface area contributed by atoms with Gasteiger partial charge in [0.1, 0.15) is 5.78 Å². The van der Waals surface area contributed by atoms with Gasteiger partial charge in [0.05, 0.1) is 17.0 Å². The molecule has 0 spiro atoms. The van der Waals surface area contributed by atoms with E-state index in [1.807, 2.05) is 0 Å². The van der Waals surface area contributed by atoms with Crippen molar-refractivity contribution in [3.05, 3.63) is 35.4 Å². The number of rotatable bonds is 2. The van der Waals surface area contributed by atoms with Crippen molar-refractivity contribution in [1.82, 2.24) is 9.80 Å². The average molecular weight is 284 g/mol. The molecule has 5 rings (SSSR count). The van der Waals surface area contributed by atoms with Crippen LogP contribution in [0.25, 0.3) is 0 Å². The van der Waals surface area contributed by atoms with Crippen molar-refractivity contribution in [3.8, 4) is 0 Å². The molecule has 4 aliphatic heterocycles. The van der Waals surface area contributed by atoms with E-state index in [1.165, 1.54) is 11.1 Å². The van der Waals surface area contributed by atoms with E-state index in [0.29, 0.717) is 11.9 Å². The largest absolute Gasteiger partial charge is 0.298 e. The van der Waals surface area contributed by atoms with Gasteiger partial charge in [-0.3, -0.25) is 14.6 Å². The lowest BCUT2D eigenvalue weighted by atomic mass is 9.62. The van der Waals surface area contributed by atoms with Crippen molar-refractivity contribution in [1.29, 1.82) is 0 Å². The standard InChI is InChI=1S/C18H24N2O/c1-4-13-5-7-14(8-6-13)15-19-9-17(2)10-20(15)12-18(3,11-19)16(17)21/h5-8,15H,4,9-12H2,1-3H3. The Bertz CT molecular complexity index is 552. The average Bonchev–Trinajstić information content (AvgIpc) is 2.44. The van der Waals surface area contributed by atoms with Crippen molar-refractivity contribution >= 4 is 5.78 Å². The van der Waals surface area contributed by atoms with E-state index >= 15 is 0 Å². The van der Waals surface area contributed by atoms with E-state index in [1.54, 1.807) is 0 Å². The van der Waals surface area contributed by atoms with Crippen LogP contribution in [0.3, 0.4) is 0 Å². The molecular weight excluding hydrogens is 260 g/mol. The van der Waals surface area contributed by atoms with Crippen LogP contribution in [0.15, 0.2) is 24.3 Å². The van der Waals surface area contributed by atoms with Gasteiger partial charge in [-0.25, -0.2) is 0 Å². The lowest BCUT2D eigenvalue weighted by molar-refractivity contribution is -0.197. The summed E-state index contributed by atoms with van der Waals surface area (Å²) < 4.78 is 0. The zero-order chi connectivity index (χ0) is 14.8. The molecule has 0 aliphatic carbocycles. The zero-order valence-electron chi connectivity index (χ0n) is 13.2. The van der Waals surface area contributed by atoms with Crippen LogP contribution < -0.4 is 0 Å². The molecule has 0 N–H and O–H groups in total. The van der Waals surface area contributed by atoms with Gasteiger partial charge in [-0.15, -0.1) is 0 Å². The fourth-order valence-electron chi connectivity index (χ4n) is 4.94. The third kappa shape index (κ3) is 1.77. The number of carbonyl (C=O) groups is 1. The van der Waals surface area contributed by atoms with Crippen LogP contribution in [-0.4, -0.2) is 41.8 Å². The third-order valence-electron chi connectivity index (χ3n) is 5.68. The number of Topliss-reactive ketones (excluding diaryl/α,β-unsaturated/α-hetero) is 1. The maximum atomic E-state index is 12.7. The highest BCUT2D eigenvalue weighted by molar-refractivity contribution is 5.92. The highest BCUT2D eigenvalue weighted by Gasteiger charge is 2.61. The topological polar surface area (TPSA) is 23.6 Å². The zero-order valence-corrected chi connectivity index (χ0v) is 13.2. The molecule has 0 atom stereocenters. The van der Waals surface area contributed by atoms with Crippen LogP contribution in [0.1, 0.15) is 38.1 Å². The minimum atomic E-state index is -0.162. The minimum Gasteiger partial charge on any atom is -0.298 e. The normalized spacial score (nSPS) is 44.3. The lowest BCUT2D eigenvalue weighted by Gasteiger charge is -2.64. The molecule has 4 heterocycles. The van der Waals surface area contributed by atoms with Crippen LogP contribution in [0.5, 0.6) is 0 Å². The molecular formula is C18H24N2O. The van der Waals surface area contributed by atoms with E-state index in [-0.39, 0.29) is 10.8 Å². The van der Waals surface area contributed by atoms with Crippen LogP contribution in [0.4, 0.5) is 0 Å². The molecule has 0 radical (unpaired) electrons. The maximum Gasteiger partial charge on any atom is 0.149 e. The van der Waals surface area contributed by atoms with Gasteiger partial charge in [-0.2, -0.15) is 0 Å². The van der Waals surface area contributed by atoms with Crippen LogP contribution in [0, 0.1) is 10.8 Å². The van der Waals surface area contributed by atoms with E-state index in [9.17, 15) is 4.79 Å². The van der Waals surface area contributed by atoms with E-state index < -0.39 is 0 Å². The molecule has 0 aromatic heterocycles. The molecule has 4 saturated heterocycles. The minimum absolute atomic E-state index is 0.162. The summed E-state index contributed by atoms with van der Waals surface area (Å²) >= 11 is 0. The third-order valence-corrected chi connectivity index (χ3v) is 5.68. The maximum absolute atomic E-state index is 12.7. The molecule has 112 valence electrons. The summed E-state index contributed by atoms with van der Waals surface area (Å²) in [5, 5.41) is 0. The van der Waals surface area contributed by atoms with Crippen LogP contribution in [-0.2, 0) is 11.2 Å². The number of hydrogen-bond acceptors (Lipinski definition) is 3. The molecule has 0 amide bonds. The van der Waals surface area contributed by atoms with E-state index in [0.717, 1.165) is 32.6 Å². The van der Waals surface area contributed by atoms with Gasteiger partial charge < -0.3 is 0 Å². The summed E-state index contributed by atoms with van der Waals surface area (Å²) in [6.45, 7) is 10.2. The fourth-order valence-corrected chi connectivity index (χ4v) is 4.94. The number of hydrogen-bond donors (Lipinski definition) is 0. The predicted octanol–water partition coefficient (Wildman–Crippen LogP) is 2.47. The lowest BCUT2D eigenvalue weighted by Crippen LogP contribution is -2.75. The van der Waals surface area contributed by atoms with Gasteiger partial charge in [0.25, 0.3) is 0 Å². The summed E-state index contributed by atoms with van der Waals surface area (Å²) in [6.07, 6.45) is 1.45. The Balaban J connectivity index is 1.69. The van der Waals surface area contributed by atoms with Crippen molar-refractivity contribution < 1.29 is 4.79 Å². The monoisotopic (exact) mass is 284 g/mol. The molecule has 1 aromatic rings. The van der Waals surface area contributed by atoms with Crippen molar-refractivity contribution in [2.75, 3.05) is 26.2 Å². The van der Waals surface area contributed by atoms with Crippen molar-refractivity contribution in [3.63, 3.8) is 0 Å². The Morgan fingerprint density at radius 3 is 1.90 bits per heavy atom. The van der Waals surface area contributed by atoms with Gasteiger partial charge in [-0.05, 0) is 17.5 Å². The second-order valence-corrected chi connectivity index (χ2v) is 7.73. The second kappa shape index (κ2) is 4.17. The summed E-state index contributed by atoms with van der Waals surface area (Å²) in [5.74, 6) is 0.488. The smallest absolute Gasteiger partial charge is 0.149 e. The molecule has 4 fully saturated rings. The van der Waals surface area contributed by atoms with Crippen LogP contribution >= 0.6 is 0 Å². The first kappa shape index (κ1) is 13.5. The van der Waals surface area contributed by atoms with Gasteiger partial charge >= 0.3 is 0 Å². The first-order valence-electron chi connectivity index (χ1n) is 8.07. The molecule has 3 nitrogen and oxygen atoms in total. The van der Waals surface area contributed by atoms with Crippen molar-refractivity contribution in [2.24, 2.45) is 10.8 Å². The summed E-state index contributed by atoms with van der Waals surface area (Å²) in [5.41, 5.74) is 2.45. The molecule has 4 bridgehead atoms. The highest BCUT2D eigenvalue weighted by Crippen LogP contribution is 2.51. The Kier molecular flexibility index (Phi) is 2.68. The molecule has 21 heavy (non-hydrogen) atoms.